The molecule has 8 heteroatoms. The maximum Gasteiger partial charge on any atom is 0.215 e. The Morgan fingerprint density at radius 2 is 1.42 bits per heavy atom. The first-order valence-corrected chi connectivity index (χ1v) is 3.10. The molecule has 0 atom stereocenters. The highest BCUT2D eigenvalue weighted by atomic mass is 15.4. The fourth-order valence-electron chi connectivity index (χ4n) is 0.591. The minimum absolute atomic E-state index is 0.401. The highest BCUT2D eigenvalue weighted by molar-refractivity contribution is 5.22. The van der Waals surface area contributed by atoms with Crippen molar-refractivity contribution in [1.29, 1.82) is 0 Å². The molecule has 0 spiro atoms. The van der Waals surface area contributed by atoms with E-state index in [-0.39, 0.29) is 0 Å². The topological polar surface area (TPSA) is 108 Å². The van der Waals surface area contributed by atoms with Gasteiger partial charge in [0.2, 0.25) is 11.6 Å². The van der Waals surface area contributed by atoms with Gasteiger partial charge < -0.3 is 0 Å². The van der Waals surface area contributed by atoms with Crippen molar-refractivity contribution in [3.05, 3.63) is 12.4 Å². The van der Waals surface area contributed by atoms with Gasteiger partial charge in [-0.3, -0.25) is 10.2 Å². The summed E-state index contributed by atoms with van der Waals surface area (Å²) in [5.41, 5.74) is 0. The predicted octanol–water partition coefficient (Wildman–Crippen LogP) is 0.338. The second kappa shape index (κ2) is 2.86. The molecule has 0 saturated heterocycles. The summed E-state index contributed by atoms with van der Waals surface area (Å²) in [5, 5.41) is 26.5. The first kappa shape index (κ1) is 6.58. The monoisotopic (exact) mass is 164 g/mol. The Morgan fingerprint density at radius 3 is 1.75 bits per heavy atom. The zero-order chi connectivity index (χ0) is 8.23. The molecule has 2 heterocycles. The summed E-state index contributed by atoms with van der Waals surface area (Å²) < 4.78 is 0. The van der Waals surface area contributed by atoms with Crippen LogP contribution in [0.4, 0.5) is 11.6 Å². The van der Waals surface area contributed by atoms with Crippen LogP contribution in [0.5, 0.6) is 0 Å². The van der Waals surface area contributed by atoms with Crippen molar-refractivity contribution in [2.75, 3.05) is 0 Å². The van der Waals surface area contributed by atoms with E-state index in [1.165, 1.54) is 12.4 Å². The molecule has 0 unspecified atom stereocenters. The lowest BCUT2D eigenvalue weighted by molar-refractivity contribution is 0.926. The third kappa shape index (κ3) is 1.31. The number of hydrogen-bond donors (Lipinski definition) is 2. The van der Waals surface area contributed by atoms with Crippen LogP contribution in [-0.2, 0) is 0 Å². The van der Waals surface area contributed by atoms with E-state index in [4.69, 9.17) is 0 Å². The molecule has 2 aromatic heterocycles. The molecule has 0 fully saturated rings. The fraction of sp³-hybridized carbons (Fsp3) is 0. The summed E-state index contributed by atoms with van der Waals surface area (Å²) >= 11 is 0. The lowest BCUT2D eigenvalue weighted by Crippen LogP contribution is -1.66. The Kier molecular flexibility index (Phi) is 1.57. The highest BCUT2D eigenvalue weighted by Gasteiger charge is 1.92. The van der Waals surface area contributed by atoms with Gasteiger partial charge in [0.05, 0.1) is 12.4 Å². The highest BCUT2D eigenvalue weighted by Crippen LogP contribution is 2.09. The molecule has 0 aliphatic carbocycles. The second-order valence-electron chi connectivity index (χ2n) is 1.86. The zero-order valence-electron chi connectivity index (χ0n) is 5.84. The minimum Gasteiger partial charge on any atom is -0.263 e. The molecule has 0 aliphatic heterocycles. The van der Waals surface area contributed by atoms with E-state index >= 15 is 0 Å². The van der Waals surface area contributed by atoms with Crippen LogP contribution in [0.15, 0.2) is 22.6 Å². The first-order valence-electron chi connectivity index (χ1n) is 3.10. The van der Waals surface area contributed by atoms with Gasteiger partial charge in [-0.05, 0) is 0 Å². The van der Waals surface area contributed by atoms with Crippen LogP contribution in [0, 0.1) is 0 Å². The number of nitrogens with zero attached hydrogens (tertiary/aromatic N) is 6. The quantitative estimate of drug-likeness (QED) is 0.623. The lowest BCUT2D eigenvalue weighted by atomic mass is 10.8. The van der Waals surface area contributed by atoms with E-state index in [2.05, 4.69) is 41.0 Å². The van der Waals surface area contributed by atoms with Gasteiger partial charge in [-0.25, -0.2) is 0 Å². The van der Waals surface area contributed by atoms with Gasteiger partial charge in [0.25, 0.3) is 0 Å². The molecule has 60 valence electrons. The molecular formula is C4H4N8. The average Bonchev–Trinajstić information content (AvgIpc) is 2.74. The Morgan fingerprint density at radius 1 is 0.917 bits per heavy atom. The molecule has 12 heavy (non-hydrogen) atoms. The standard InChI is InChI=1S/C4H4N8/c1-3(9-11-5-1)7-8-4-2-6-12-10-4/h1-2H,(H,5,9,11)(H,6,10,12)/b8-7+. The van der Waals surface area contributed by atoms with Crippen LogP contribution in [0.1, 0.15) is 0 Å². The van der Waals surface area contributed by atoms with Gasteiger partial charge in [0, 0.05) is 0 Å². The summed E-state index contributed by atoms with van der Waals surface area (Å²) in [6.07, 6.45) is 3.03. The van der Waals surface area contributed by atoms with Crippen molar-refractivity contribution in [2.45, 2.75) is 0 Å². The molecule has 0 saturated carbocycles. The van der Waals surface area contributed by atoms with Crippen LogP contribution in [-0.4, -0.2) is 30.8 Å². The molecule has 0 aromatic carbocycles. The maximum atomic E-state index is 3.71. The van der Waals surface area contributed by atoms with Crippen LogP contribution < -0.4 is 0 Å². The maximum absolute atomic E-state index is 3.71. The van der Waals surface area contributed by atoms with E-state index in [1.807, 2.05) is 0 Å². The van der Waals surface area contributed by atoms with Gasteiger partial charge in [-0.1, -0.05) is 10.4 Å². The van der Waals surface area contributed by atoms with E-state index < -0.39 is 0 Å². The van der Waals surface area contributed by atoms with Crippen molar-refractivity contribution in [3.63, 3.8) is 0 Å². The Bertz CT molecular complexity index is 308. The third-order valence-electron chi connectivity index (χ3n) is 1.06. The van der Waals surface area contributed by atoms with Gasteiger partial charge >= 0.3 is 0 Å². The van der Waals surface area contributed by atoms with Crippen LogP contribution >= 0.6 is 0 Å². The lowest BCUT2D eigenvalue weighted by Gasteiger charge is -1.76. The molecule has 8 nitrogen and oxygen atoms in total. The molecule has 0 bridgehead atoms. The number of nitrogens with one attached hydrogen (secondary N) is 2. The Hall–Kier alpha value is -2.12. The van der Waals surface area contributed by atoms with Crippen molar-refractivity contribution in [1.82, 2.24) is 30.8 Å². The van der Waals surface area contributed by atoms with E-state index in [9.17, 15) is 0 Å². The Balaban J connectivity index is 2.14. The summed E-state index contributed by atoms with van der Waals surface area (Å²) in [5.74, 6) is 0.802. The van der Waals surface area contributed by atoms with Crippen molar-refractivity contribution in [2.24, 2.45) is 10.2 Å². The second-order valence-corrected chi connectivity index (χ2v) is 1.86. The smallest absolute Gasteiger partial charge is 0.215 e. The summed E-state index contributed by atoms with van der Waals surface area (Å²) in [6.45, 7) is 0. The van der Waals surface area contributed by atoms with Gasteiger partial charge in [-0.15, -0.1) is 20.4 Å². The molecule has 2 N–H and O–H groups in total. The van der Waals surface area contributed by atoms with E-state index in [1.54, 1.807) is 0 Å². The third-order valence-corrected chi connectivity index (χ3v) is 1.06. The molecule has 2 aromatic rings. The molecule has 0 radical (unpaired) electrons. The van der Waals surface area contributed by atoms with E-state index in [0.717, 1.165) is 0 Å². The summed E-state index contributed by atoms with van der Waals surface area (Å²) in [7, 11) is 0. The average molecular weight is 164 g/mol. The predicted molar refractivity (Wildman–Crippen MR) is 36.9 cm³/mol. The van der Waals surface area contributed by atoms with Gasteiger partial charge in [0.1, 0.15) is 0 Å². The fourth-order valence-corrected chi connectivity index (χ4v) is 0.591. The molecular weight excluding hydrogens is 160 g/mol. The first-order chi connectivity index (χ1) is 5.95. The number of rotatable bonds is 2. The minimum atomic E-state index is 0.401. The summed E-state index contributed by atoms with van der Waals surface area (Å²) in [4.78, 5) is 0. The van der Waals surface area contributed by atoms with Crippen LogP contribution in [0.3, 0.4) is 0 Å². The van der Waals surface area contributed by atoms with Gasteiger partial charge in [-0.2, -0.15) is 0 Å². The van der Waals surface area contributed by atoms with Crippen molar-refractivity contribution >= 4 is 11.6 Å². The molecule has 0 amide bonds. The molecule has 0 aliphatic rings. The van der Waals surface area contributed by atoms with Crippen molar-refractivity contribution < 1.29 is 0 Å². The molecule has 2 rings (SSSR count). The van der Waals surface area contributed by atoms with Gasteiger partial charge in [0.15, 0.2) is 0 Å². The number of aromatic amines is 2. The number of H-pyrrole nitrogens is 2. The van der Waals surface area contributed by atoms with E-state index in [0.29, 0.717) is 11.6 Å². The van der Waals surface area contributed by atoms with Crippen LogP contribution in [0.2, 0.25) is 0 Å². The number of azo groups is 1. The zero-order valence-corrected chi connectivity index (χ0v) is 5.84. The Labute approximate surface area is 66.1 Å². The largest absolute Gasteiger partial charge is 0.263 e. The number of hydrogen-bond acceptors (Lipinski definition) is 6. The van der Waals surface area contributed by atoms with Crippen molar-refractivity contribution in [3.8, 4) is 0 Å². The number of aromatic nitrogens is 6. The van der Waals surface area contributed by atoms with Crippen LogP contribution in [0.25, 0.3) is 0 Å². The SMILES string of the molecule is c1[nH]nnc1/N=N/c1c[nH]nn1. The summed E-state index contributed by atoms with van der Waals surface area (Å²) in [6, 6.07) is 0. The normalized spacial score (nSPS) is 11.0.